The van der Waals surface area contributed by atoms with Crippen LogP contribution in [0, 0.1) is 5.92 Å². The maximum atomic E-state index is 4.29. The van der Waals surface area contributed by atoms with E-state index < -0.39 is 0 Å². The summed E-state index contributed by atoms with van der Waals surface area (Å²) in [5, 5.41) is 14.3. The van der Waals surface area contributed by atoms with Gasteiger partial charge in [0.25, 0.3) is 0 Å². The first-order chi connectivity index (χ1) is 9.36. The molecule has 0 amide bonds. The molecule has 3 rings (SSSR count). The van der Waals surface area contributed by atoms with Crippen LogP contribution in [0.2, 0.25) is 0 Å². The second kappa shape index (κ2) is 5.55. The van der Waals surface area contributed by atoms with Gasteiger partial charge in [0.2, 0.25) is 0 Å². The van der Waals surface area contributed by atoms with Crippen LogP contribution in [-0.4, -0.2) is 16.2 Å². The van der Waals surface area contributed by atoms with Crippen LogP contribution in [0.3, 0.4) is 0 Å². The fraction of sp³-hybridized carbons (Fsp3) is 0.500. The van der Waals surface area contributed by atoms with E-state index in [1.807, 2.05) is 12.3 Å². The molecule has 2 aromatic rings. The molecule has 3 heteroatoms. The SMILES string of the molecule is CCC1CCCC(Nc2nncc3ccccc23)C1. The highest BCUT2D eigenvalue weighted by molar-refractivity contribution is 5.90. The summed E-state index contributed by atoms with van der Waals surface area (Å²) >= 11 is 0. The van der Waals surface area contributed by atoms with Crippen molar-refractivity contribution in [3.8, 4) is 0 Å². The lowest BCUT2D eigenvalue weighted by Gasteiger charge is -2.29. The monoisotopic (exact) mass is 255 g/mol. The second-order valence-corrected chi connectivity index (χ2v) is 5.56. The van der Waals surface area contributed by atoms with E-state index in [-0.39, 0.29) is 0 Å². The van der Waals surface area contributed by atoms with Crippen molar-refractivity contribution in [2.24, 2.45) is 5.92 Å². The topological polar surface area (TPSA) is 37.8 Å². The van der Waals surface area contributed by atoms with Gasteiger partial charge in [-0.3, -0.25) is 0 Å². The van der Waals surface area contributed by atoms with Crippen LogP contribution in [0.15, 0.2) is 30.5 Å². The summed E-state index contributed by atoms with van der Waals surface area (Å²) in [5.74, 6) is 1.81. The summed E-state index contributed by atoms with van der Waals surface area (Å²) in [6.07, 6.45) is 8.35. The Labute approximate surface area is 114 Å². The van der Waals surface area contributed by atoms with Gasteiger partial charge in [0.05, 0.1) is 6.20 Å². The third kappa shape index (κ3) is 2.70. The molecule has 0 saturated heterocycles. The van der Waals surface area contributed by atoms with Crippen LogP contribution in [0.1, 0.15) is 39.0 Å². The predicted molar refractivity (Wildman–Crippen MR) is 79.2 cm³/mol. The van der Waals surface area contributed by atoms with Gasteiger partial charge in [-0.05, 0) is 18.8 Å². The number of nitrogens with zero attached hydrogens (tertiary/aromatic N) is 2. The van der Waals surface area contributed by atoms with Crippen molar-refractivity contribution in [2.75, 3.05) is 5.32 Å². The zero-order chi connectivity index (χ0) is 13.1. The number of nitrogens with one attached hydrogen (secondary N) is 1. The lowest BCUT2D eigenvalue weighted by Crippen LogP contribution is -2.27. The molecule has 1 saturated carbocycles. The molecule has 1 N–H and O–H groups in total. The van der Waals surface area contributed by atoms with E-state index in [2.05, 4.69) is 40.6 Å². The molecule has 100 valence electrons. The minimum Gasteiger partial charge on any atom is -0.365 e. The highest BCUT2D eigenvalue weighted by atomic mass is 15.2. The molecule has 0 radical (unpaired) electrons. The summed E-state index contributed by atoms with van der Waals surface area (Å²) in [7, 11) is 0. The first-order valence-electron chi connectivity index (χ1n) is 7.33. The Morgan fingerprint density at radius 2 is 2.16 bits per heavy atom. The summed E-state index contributed by atoms with van der Waals surface area (Å²) in [4.78, 5) is 0. The van der Waals surface area contributed by atoms with Gasteiger partial charge in [-0.25, -0.2) is 0 Å². The minimum atomic E-state index is 0.554. The molecule has 19 heavy (non-hydrogen) atoms. The molecule has 1 aromatic heterocycles. The molecule has 1 fully saturated rings. The fourth-order valence-corrected chi connectivity index (χ4v) is 3.12. The Kier molecular flexibility index (Phi) is 3.62. The molecule has 1 heterocycles. The van der Waals surface area contributed by atoms with Gasteiger partial charge < -0.3 is 5.32 Å². The van der Waals surface area contributed by atoms with Gasteiger partial charge in [0.15, 0.2) is 5.82 Å². The fourth-order valence-electron chi connectivity index (χ4n) is 3.12. The average Bonchev–Trinajstić information content (AvgIpc) is 2.48. The van der Waals surface area contributed by atoms with Gasteiger partial charge in [0, 0.05) is 16.8 Å². The molecule has 2 unspecified atom stereocenters. The highest BCUT2D eigenvalue weighted by Crippen LogP contribution is 2.29. The van der Waals surface area contributed by atoms with Crippen molar-refractivity contribution >= 4 is 16.6 Å². The van der Waals surface area contributed by atoms with E-state index >= 15 is 0 Å². The number of aromatic nitrogens is 2. The van der Waals surface area contributed by atoms with Crippen LogP contribution in [0.25, 0.3) is 10.8 Å². The van der Waals surface area contributed by atoms with E-state index in [9.17, 15) is 0 Å². The van der Waals surface area contributed by atoms with E-state index in [0.29, 0.717) is 6.04 Å². The van der Waals surface area contributed by atoms with E-state index in [4.69, 9.17) is 0 Å². The van der Waals surface area contributed by atoms with E-state index in [0.717, 1.165) is 17.1 Å². The van der Waals surface area contributed by atoms with Crippen molar-refractivity contribution in [3.05, 3.63) is 30.5 Å². The van der Waals surface area contributed by atoms with Gasteiger partial charge in [-0.2, -0.15) is 5.10 Å². The molecule has 0 spiro atoms. The molecule has 3 nitrogen and oxygen atoms in total. The Hall–Kier alpha value is -1.64. The van der Waals surface area contributed by atoms with Crippen molar-refractivity contribution < 1.29 is 0 Å². The normalized spacial score (nSPS) is 23.4. The highest BCUT2D eigenvalue weighted by Gasteiger charge is 2.21. The minimum absolute atomic E-state index is 0.554. The zero-order valence-corrected chi connectivity index (χ0v) is 11.5. The third-order valence-corrected chi connectivity index (χ3v) is 4.27. The molecular formula is C16H21N3. The summed E-state index contributed by atoms with van der Waals surface area (Å²) in [6, 6.07) is 8.86. The third-order valence-electron chi connectivity index (χ3n) is 4.27. The van der Waals surface area contributed by atoms with Crippen molar-refractivity contribution in [2.45, 2.75) is 45.1 Å². The lowest BCUT2D eigenvalue weighted by atomic mass is 9.84. The Morgan fingerprint density at radius 3 is 3.05 bits per heavy atom. The van der Waals surface area contributed by atoms with Crippen molar-refractivity contribution in [1.29, 1.82) is 0 Å². The van der Waals surface area contributed by atoms with Crippen LogP contribution < -0.4 is 5.32 Å². The van der Waals surface area contributed by atoms with Gasteiger partial charge in [0.1, 0.15) is 0 Å². The van der Waals surface area contributed by atoms with Gasteiger partial charge in [-0.15, -0.1) is 5.10 Å². The van der Waals surface area contributed by atoms with Crippen LogP contribution in [0.4, 0.5) is 5.82 Å². The lowest BCUT2D eigenvalue weighted by molar-refractivity contribution is 0.327. The Bertz CT molecular complexity index is 547. The largest absolute Gasteiger partial charge is 0.365 e. The Balaban J connectivity index is 1.81. The van der Waals surface area contributed by atoms with Crippen LogP contribution >= 0.6 is 0 Å². The van der Waals surface area contributed by atoms with Gasteiger partial charge in [-0.1, -0.05) is 50.5 Å². The maximum Gasteiger partial charge on any atom is 0.156 e. The number of hydrogen-bond donors (Lipinski definition) is 1. The smallest absolute Gasteiger partial charge is 0.156 e. The number of hydrogen-bond acceptors (Lipinski definition) is 3. The molecule has 1 aromatic carbocycles. The van der Waals surface area contributed by atoms with E-state index in [1.165, 1.54) is 37.5 Å². The predicted octanol–water partition coefficient (Wildman–Crippen LogP) is 4.01. The van der Waals surface area contributed by atoms with Crippen molar-refractivity contribution in [3.63, 3.8) is 0 Å². The summed E-state index contributed by atoms with van der Waals surface area (Å²) < 4.78 is 0. The Morgan fingerprint density at radius 1 is 1.26 bits per heavy atom. The van der Waals surface area contributed by atoms with Gasteiger partial charge >= 0.3 is 0 Å². The summed E-state index contributed by atoms with van der Waals surface area (Å²) in [5.41, 5.74) is 0. The van der Waals surface area contributed by atoms with Crippen LogP contribution in [0.5, 0.6) is 0 Å². The number of rotatable bonds is 3. The number of benzene rings is 1. The zero-order valence-electron chi connectivity index (χ0n) is 11.5. The second-order valence-electron chi connectivity index (χ2n) is 5.56. The first kappa shape index (κ1) is 12.4. The molecule has 1 aliphatic rings. The van der Waals surface area contributed by atoms with Crippen LogP contribution in [-0.2, 0) is 0 Å². The molecular weight excluding hydrogens is 234 g/mol. The standard InChI is InChI=1S/C16H21N3/c1-2-12-6-5-8-14(10-12)18-16-15-9-4-3-7-13(15)11-17-19-16/h3-4,7,9,11-12,14H,2,5-6,8,10H2,1H3,(H,18,19). The summed E-state index contributed by atoms with van der Waals surface area (Å²) in [6.45, 7) is 2.30. The van der Waals surface area contributed by atoms with E-state index in [1.54, 1.807) is 0 Å². The quantitative estimate of drug-likeness (QED) is 0.900. The number of fused-ring (bicyclic) bond motifs is 1. The van der Waals surface area contributed by atoms with Crippen molar-refractivity contribution in [1.82, 2.24) is 10.2 Å². The molecule has 2 atom stereocenters. The molecule has 0 aliphatic heterocycles. The number of anilines is 1. The first-order valence-corrected chi connectivity index (χ1v) is 7.33. The average molecular weight is 255 g/mol. The molecule has 0 bridgehead atoms. The maximum absolute atomic E-state index is 4.29. The molecule has 1 aliphatic carbocycles.